The molecule has 2 aromatic carbocycles. The number of amides is 1. The van der Waals surface area contributed by atoms with Crippen LogP contribution in [0.3, 0.4) is 0 Å². The van der Waals surface area contributed by atoms with Crippen molar-refractivity contribution in [1.82, 2.24) is 9.97 Å². The molecule has 0 saturated heterocycles. The van der Waals surface area contributed by atoms with Crippen molar-refractivity contribution in [2.45, 2.75) is 0 Å². The second-order valence-electron chi connectivity index (χ2n) is 4.45. The van der Waals surface area contributed by atoms with Crippen LogP contribution in [-0.4, -0.2) is 15.9 Å². The molecule has 3 aromatic rings. The lowest BCUT2D eigenvalue weighted by Gasteiger charge is -2.08. The van der Waals surface area contributed by atoms with Crippen molar-refractivity contribution in [2.75, 3.05) is 11.1 Å². The van der Waals surface area contributed by atoms with Gasteiger partial charge in [0.25, 0.3) is 5.91 Å². The van der Waals surface area contributed by atoms with Crippen LogP contribution in [0.1, 0.15) is 10.4 Å². The monoisotopic (exact) mass is 298 g/mol. The average molecular weight is 299 g/mol. The fourth-order valence-corrected chi connectivity index (χ4v) is 2.16. The van der Waals surface area contributed by atoms with E-state index >= 15 is 0 Å². The van der Waals surface area contributed by atoms with Gasteiger partial charge in [-0.1, -0.05) is 11.6 Å². The number of carbonyl (C=O) groups excluding carboxylic acids is 1. The van der Waals surface area contributed by atoms with Crippen LogP contribution in [0.5, 0.6) is 0 Å². The van der Waals surface area contributed by atoms with Gasteiger partial charge in [0.15, 0.2) is 0 Å². The Bertz CT molecular complexity index is 835. The van der Waals surface area contributed by atoms with Crippen LogP contribution >= 0.6 is 11.6 Å². The van der Waals surface area contributed by atoms with Crippen molar-refractivity contribution in [3.63, 3.8) is 0 Å². The second-order valence-corrected chi connectivity index (χ2v) is 4.88. The minimum absolute atomic E-state index is 0.299. The number of nitrogens with zero attached hydrogens (tertiary/aromatic N) is 2. The quantitative estimate of drug-likeness (QED) is 0.712. The summed E-state index contributed by atoms with van der Waals surface area (Å²) in [6, 6.07) is 10.1. The zero-order valence-corrected chi connectivity index (χ0v) is 11.6. The molecule has 0 saturated carbocycles. The zero-order valence-electron chi connectivity index (χ0n) is 10.9. The highest BCUT2D eigenvalue weighted by molar-refractivity contribution is 6.31. The van der Waals surface area contributed by atoms with Gasteiger partial charge < -0.3 is 11.1 Å². The van der Waals surface area contributed by atoms with Gasteiger partial charge in [-0.2, -0.15) is 0 Å². The molecule has 0 aliphatic carbocycles. The van der Waals surface area contributed by atoms with Gasteiger partial charge in [-0.3, -0.25) is 14.8 Å². The summed E-state index contributed by atoms with van der Waals surface area (Å²) in [7, 11) is 0. The summed E-state index contributed by atoms with van der Waals surface area (Å²) in [6.07, 6.45) is 3.22. The van der Waals surface area contributed by atoms with Crippen LogP contribution in [0, 0.1) is 0 Å². The molecular formula is C15H11ClN4O. The van der Waals surface area contributed by atoms with E-state index in [1.165, 1.54) is 0 Å². The largest absolute Gasteiger partial charge is 0.398 e. The first-order valence-corrected chi connectivity index (χ1v) is 6.58. The Morgan fingerprint density at radius 2 is 1.81 bits per heavy atom. The van der Waals surface area contributed by atoms with Crippen LogP contribution in [0.4, 0.5) is 11.4 Å². The summed E-state index contributed by atoms with van der Waals surface area (Å²) in [6.45, 7) is 0. The van der Waals surface area contributed by atoms with Gasteiger partial charge in [0.05, 0.1) is 16.6 Å². The molecule has 1 amide bonds. The maximum Gasteiger partial charge on any atom is 0.257 e. The van der Waals surface area contributed by atoms with Crippen LogP contribution in [0.25, 0.3) is 11.0 Å². The minimum Gasteiger partial charge on any atom is -0.398 e. The van der Waals surface area contributed by atoms with E-state index in [0.29, 0.717) is 27.5 Å². The molecule has 0 atom stereocenters. The van der Waals surface area contributed by atoms with Gasteiger partial charge in [-0.25, -0.2) is 0 Å². The molecule has 21 heavy (non-hydrogen) atoms. The number of nitrogen functional groups attached to an aromatic ring is 1. The number of nitrogens with two attached hydrogens (primary N) is 1. The van der Waals surface area contributed by atoms with Gasteiger partial charge in [-0.05, 0) is 36.4 Å². The normalized spacial score (nSPS) is 10.5. The number of benzene rings is 2. The molecule has 0 fully saturated rings. The smallest absolute Gasteiger partial charge is 0.257 e. The predicted octanol–water partition coefficient (Wildman–Crippen LogP) is 3.12. The summed E-state index contributed by atoms with van der Waals surface area (Å²) in [5, 5.41) is 3.27. The summed E-state index contributed by atoms with van der Waals surface area (Å²) >= 11 is 5.82. The van der Waals surface area contributed by atoms with E-state index in [1.807, 2.05) is 0 Å². The Morgan fingerprint density at radius 3 is 2.57 bits per heavy atom. The number of anilines is 2. The Balaban J connectivity index is 1.89. The topological polar surface area (TPSA) is 80.9 Å². The standard InChI is InChI=1S/C15H11ClN4O/c16-9-1-3-11(12(17)7-9)15(21)20-10-2-4-13-14(8-10)19-6-5-18-13/h1-8H,17H2,(H,20,21). The average Bonchev–Trinajstić information content (AvgIpc) is 2.47. The van der Waals surface area contributed by atoms with Gasteiger partial charge in [0.2, 0.25) is 0 Å². The molecule has 0 radical (unpaired) electrons. The van der Waals surface area contributed by atoms with E-state index in [-0.39, 0.29) is 5.91 Å². The first-order chi connectivity index (χ1) is 10.1. The van der Waals surface area contributed by atoms with E-state index in [1.54, 1.807) is 48.8 Å². The molecule has 5 nitrogen and oxygen atoms in total. The van der Waals surface area contributed by atoms with Crippen molar-refractivity contribution >= 4 is 39.9 Å². The molecule has 0 aliphatic heterocycles. The molecule has 1 aromatic heterocycles. The van der Waals surface area contributed by atoms with E-state index in [2.05, 4.69) is 15.3 Å². The minimum atomic E-state index is -0.299. The Hall–Kier alpha value is -2.66. The molecule has 0 spiro atoms. The van der Waals surface area contributed by atoms with Crippen LogP contribution in [-0.2, 0) is 0 Å². The lowest BCUT2D eigenvalue weighted by atomic mass is 10.1. The third kappa shape index (κ3) is 2.78. The molecule has 6 heteroatoms. The number of halogens is 1. The van der Waals surface area contributed by atoms with E-state index in [9.17, 15) is 4.79 Å². The number of carbonyl (C=O) groups is 1. The lowest BCUT2D eigenvalue weighted by molar-refractivity contribution is 0.102. The fourth-order valence-electron chi connectivity index (χ4n) is 1.98. The highest BCUT2D eigenvalue weighted by Gasteiger charge is 2.10. The van der Waals surface area contributed by atoms with Crippen molar-refractivity contribution in [3.8, 4) is 0 Å². The summed E-state index contributed by atoms with van der Waals surface area (Å²) < 4.78 is 0. The maximum absolute atomic E-state index is 12.2. The fraction of sp³-hybridized carbons (Fsp3) is 0. The zero-order chi connectivity index (χ0) is 14.8. The number of nitrogens with one attached hydrogen (secondary N) is 1. The Morgan fingerprint density at radius 1 is 1.05 bits per heavy atom. The van der Waals surface area contributed by atoms with Gasteiger partial charge in [0, 0.05) is 28.8 Å². The molecule has 0 aliphatic rings. The third-order valence-electron chi connectivity index (χ3n) is 2.99. The molecule has 0 unspecified atom stereocenters. The summed E-state index contributed by atoms with van der Waals surface area (Å²) in [4.78, 5) is 20.6. The summed E-state index contributed by atoms with van der Waals surface area (Å²) in [5.41, 5.74) is 8.61. The highest BCUT2D eigenvalue weighted by atomic mass is 35.5. The van der Waals surface area contributed by atoms with Crippen molar-refractivity contribution in [1.29, 1.82) is 0 Å². The molecule has 0 bridgehead atoms. The summed E-state index contributed by atoms with van der Waals surface area (Å²) in [5.74, 6) is -0.299. The van der Waals surface area contributed by atoms with Crippen molar-refractivity contribution in [2.24, 2.45) is 0 Å². The first-order valence-electron chi connectivity index (χ1n) is 6.20. The van der Waals surface area contributed by atoms with E-state index in [4.69, 9.17) is 17.3 Å². The number of hydrogen-bond donors (Lipinski definition) is 2. The van der Waals surface area contributed by atoms with Crippen molar-refractivity contribution < 1.29 is 4.79 Å². The van der Waals surface area contributed by atoms with Crippen LogP contribution in [0.2, 0.25) is 5.02 Å². The number of fused-ring (bicyclic) bond motifs is 1. The van der Waals surface area contributed by atoms with E-state index < -0.39 is 0 Å². The first kappa shape index (κ1) is 13.3. The SMILES string of the molecule is Nc1cc(Cl)ccc1C(=O)Nc1ccc2nccnc2c1. The van der Waals surface area contributed by atoms with E-state index in [0.717, 1.165) is 5.52 Å². The van der Waals surface area contributed by atoms with Crippen molar-refractivity contribution in [3.05, 3.63) is 59.4 Å². The maximum atomic E-state index is 12.2. The molecule has 104 valence electrons. The molecule has 1 heterocycles. The number of rotatable bonds is 2. The predicted molar refractivity (Wildman–Crippen MR) is 83.4 cm³/mol. The van der Waals surface area contributed by atoms with Gasteiger partial charge >= 0.3 is 0 Å². The molecule has 3 rings (SSSR count). The van der Waals surface area contributed by atoms with Crippen LogP contribution in [0.15, 0.2) is 48.8 Å². The molecule has 3 N–H and O–H groups in total. The number of hydrogen-bond acceptors (Lipinski definition) is 4. The third-order valence-corrected chi connectivity index (χ3v) is 3.22. The highest BCUT2D eigenvalue weighted by Crippen LogP contribution is 2.20. The Labute approximate surface area is 125 Å². The number of aromatic nitrogens is 2. The Kier molecular flexibility index (Phi) is 3.41. The van der Waals surface area contributed by atoms with Gasteiger partial charge in [0.1, 0.15) is 0 Å². The second kappa shape index (κ2) is 5.38. The lowest BCUT2D eigenvalue weighted by Crippen LogP contribution is -2.14. The molecular weight excluding hydrogens is 288 g/mol. The van der Waals surface area contributed by atoms with Gasteiger partial charge in [-0.15, -0.1) is 0 Å². The van der Waals surface area contributed by atoms with Crippen LogP contribution < -0.4 is 11.1 Å².